The van der Waals surface area contributed by atoms with Crippen molar-refractivity contribution in [1.82, 2.24) is 14.8 Å². The van der Waals surface area contributed by atoms with Gasteiger partial charge in [-0.2, -0.15) is 0 Å². The van der Waals surface area contributed by atoms with E-state index in [1.165, 1.54) is 5.56 Å². The van der Waals surface area contributed by atoms with Gasteiger partial charge in [0.25, 0.3) is 0 Å². The second-order valence-corrected chi connectivity index (χ2v) is 7.38. The molecule has 1 aliphatic heterocycles. The van der Waals surface area contributed by atoms with Crippen molar-refractivity contribution in [2.24, 2.45) is 4.99 Å². The topological polar surface area (TPSA) is 58.9 Å². The Kier molecular flexibility index (Phi) is 7.73. The predicted octanol–water partition coefficient (Wildman–Crippen LogP) is 3.09. The summed E-state index contributed by atoms with van der Waals surface area (Å²) >= 11 is 0. The highest BCUT2D eigenvalue weighted by Crippen LogP contribution is 2.28. The lowest BCUT2D eigenvalue weighted by atomic mass is 9.98. The number of nitrogens with zero attached hydrogens (tertiary/aromatic N) is 3. The first-order valence-electron chi connectivity index (χ1n) is 10.5. The maximum atomic E-state index is 11.7. The van der Waals surface area contributed by atoms with E-state index < -0.39 is 0 Å². The average Bonchev–Trinajstić information content (AvgIpc) is 3.24. The van der Waals surface area contributed by atoms with Gasteiger partial charge >= 0.3 is 0 Å². The maximum absolute atomic E-state index is 11.7. The molecule has 2 aromatic rings. The minimum atomic E-state index is 0.0611. The highest BCUT2D eigenvalue weighted by atomic mass is 16.5. The summed E-state index contributed by atoms with van der Waals surface area (Å²) in [5.41, 5.74) is 1.42. The Morgan fingerprint density at radius 1 is 1.21 bits per heavy atom. The van der Waals surface area contributed by atoms with Crippen LogP contribution in [0.4, 0.5) is 0 Å². The third-order valence-electron chi connectivity index (χ3n) is 5.38. The molecule has 6 heteroatoms. The number of likely N-dealkylation sites (tertiary alicyclic amines) is 1. The maximum Gasteiger partial charge on any atom is 0.250 e. The summed E-state index contributed by atoms with van der Waals surface area (Å²) in [5, 5.41) is 3.43. The van der Waals surface area contributed by atoms with Crippen molar-refractivity contribution >= 4 is 5.96 Å². The number of methoxy groups -OCH3 is 1. The molecule has 0 bridgehead atoms. The molecule has 1 fully saturated rings. The predicted molar refractivity (Wildman–Crippen MR) is 118 cm³/mol. The van der Waals surface area contributed by atoms with Crippen LogP contribution in [0.15, 0.2) is 58.4 Å². The van der Waals surface area contributed by atoms with Gasteiger partial charge in [0, 0.05) is 50.9 Å². The molecular weight excluding hydrogens is 364 g/mol. The van der Waals surface area contributed by atoms with E-state index in [1.54, 1.807) is 23.8 Å². The Labute approximate surface area is 173 Å². The van der Waals surface area contributed by atoms with Crippen LogP contribution in [0.5, 0.6) is 5.75 Å². The second kappa shape index (κ2) is 10.7. The minimum Gasteiger partial charge on any atom is -0.497 e. The van der Waals surface area contributed by atoms with Crippen molar-refractivity contribution in [3.63, 3.8) is 0 Å². The van der Waals surface area contributed by atoms with E-state index in [0.717, 1.165) is 63.7 Å². The van der Waals surface area contributed by atoms with Gasteiger partial charge in [-0.3, -0.25) is 9.79 Å². The number of nitrogens with one attached hydrogen (secondary N) is 1. The van der Waals surface area contributed by atoms with Crippen molar-refractivity contribution in [2.45, 2.75) is 38.6 Å². The number of unbranched alkanes of at least 4 members (excludes halogenated alkanes) is 1. The summed E-state index contributed by atoms with van der Waals surface area (Å²) in [6.07, 6.45) is 4.89. The highest BCUT2D eigenvalue weighted by molar-refractivity contribution is 5.80. The number of ether oxygens (including phenoxy) is 1. The SMILES string of the molecule is CCNC(=NCCCCn1ccccc1=O)N1CCC(c2ccc(OC)cc2)C1. The van der Waals surface area contributed by atoms with Crippen LogP contribution in [0.3, 0.4) is 0 Å². The quantitative estimate of drug-likeness (QED) is 0.423. The van der Waals surface area contributed by atoms with Crippen LogP contribution in [-0.4, -0.2) is 48.7 Å². The molecule has 6 nitrogen and oxygen atoms in total. The van der Waals surface area contributed by atoms with Crippen LogP contribution >= 0.6 is 0 Å². The third-order valence-corrected chi connectivity index (χ3v) is 5.38. The number of hydrogen-bond donors (Lipinski definition) is 1. The normalized spacial score (nSPS) is 16.8. The van der Waals surface area contributed by atoms with Crippen molar-refractivity contribution < 1.29 is 4.74 Å². The number of aromatic nitrogens is 1. The average molecular weight is 397 g/mol. The molecule has 29 heavy (non-hydrogen) atoms. The fourth-order valence-corrected chi connectivity index (χ4v) is 3.75. The van der Waals surface area contributed by atoms with Crippen LogP contribution in [0.2, 0.25) is 0 Å². The molecule has 1 aliphatic rings. The zero-order valence-corrected chi connectivity index (χ0v) is 17.5. The number of guanidine groups is 1. The molecule has 1 aromatic heterocycles. The Morgan fingerprint density at radius 3 is 2.76 bits per heavy atom. The second-order valence-electron chi connectivity index (χ2n) is 7.38. The van der Waals surface area contributed by atoms with E-state index in [-0.39, 0.29) is 5.56 Å². The van der Waals surface area contributed by atoms with Crippen LogP contribution in [0.25, 0.3) is 0 Å². The third kappa shape index (κ3) is 5.86. The van der Waals surface area contributed by atoms with Crippen molar-refractivity contribution in [2.75, 3.05) is 33.3 Å². The van der Waals surface area contributed by atoms with Gasteiger partial charge < -0.3 is 19.5 Å². The smallest absolute Gasteiger partial charge is 0.250 e. The standard InChI is InChI=1S/C23H32N4O2/c1-3-24-23(25-14-5-7-16-26-15-6-4-8-22(26)28)27-17-13-20(18-27)19-9-11-21(29-2)12-10-19/h4,6,8-12,15,20H,3,5,7,13-14,16-18H2,1-2H3,(H,24,25). The van der Waals surface area contributed by atoms with Crippen LogP contribution in [0.1, 0.15) is 37.7 Å². The van der Waals surface area contributed by atoms with Gasteiger partial charge in [-0.05, 0) is 49.9 Å². The molecule has 0 radical (unpaired) electrons. The van der Waals surface area contributed by atoms with E-state index in [9.17, 15) is 4.79 Å². The minimum absolute atomic E-state index is 0.0611. The molecule has 1 saturated heterocycles. The van der Waals surface area contributed by atoms with Crippen LogP contribution < -0.4 is 15.6 Å². The van der Waals surface area contributed by atoms with Gasteiger partial charge in [0.05, 0.1) is 7.11 Å². The first kappa shape index (κ1) is 21.0. The molecule has 0 saturated carbocycles. The van der Waals surface area contributed by atoms with Gasteiger partial charge in [-0.15, -0.1) is 0 Å². The van der Waals surface area contributed by atoms with E-state index in [0.29, 0.717) is 5.92 Å². The monoisotopic (exact) mass is 396 g/mol. The summed E-state index contributed by atoms with van der Waals surface area (Å²) in [5.74, 6) is 2.42. The van der Waals surface area contributed by atoms with Gasteiger partial charge in [-0.25, -0.2) is 0 Å². The van der Waals surface area contributed by atoms with E-state index in [2.05, 4.69) is 29.3 Å². The zero-order valence-electron chi connectivity index (χ0n) is 17.5. The summed E-state index contributed by atoms with van der Waals surface area (Å²) in [6, 6.07) is 13.7. The molecule has 1 aromatic carbocycles. The first-order valence-corrected chi connectivity index (χ1v) is 10.5. The molecule has 1 unspecified atom stereocenters. The van der Waals surface area contributed by atoms with Gasteiger partial charge in [0.2, 0.25) is 5.56 Å². The van der Waals surface area contributed by atoms with Crippen molar-refractivity contribution in [1.29, 1.82) is 0 Å². The molecule has 1 atom stereocenters. The molecule has 156 valence electrons. The summed E-state index contributed by atoms with van der Waals surface area (Å²) in [6.45, 7) is 6.48. The van der Waals surface area contributed by atoms with Gasteiger partial charge in [0.1, 0.15) is 5.75 Å². The number of hydrogen-bond acceptors (Lipinski definition) is 3. The number of aliphatic imine (C=N–C) groups is 1. The Morgan fingerprint density at radius 2 is 2.03 bits per heavy atom. The Bertz CT molecular complexity index is 844. The van der Waals surface area contributed by atoms with E-state index >= 15 is 0 Å². The number of benzene rings is 1. The van der Waals surface area contributed by atoms with Crippen LogP contribution in [-0.2, 0) is 6.54 Å². The fraction of sp³-hybridized carbons (Fsp3) is 0.478. The summed E-state index contributed by atoms with van der Waals surface area (Å²) in [4.78, 5) is 18.9. The van der Waals surface area contributed by atoms with Gasteiger partial charge in [0.15, 0.2) is 5.96 Å². The van der Waals surface area contributed by atoms with Crippen molar-refractivity contribution in [3.05, 3.63) is 64.6 Å². The highest BCUT2D eigenvalue weighted by Gasteiger charge is 2.26. The molecular formula is C23H32N4O2. The zero-order chi connectivity index (χ0) is 20.5. The molecule has 2 heterocycles. The lowest BCUT2D eigenvalue weighted by Gasteiger charge is -2.22. The van der Waals surface area contributed by atoms with Crippen molar-refractivity contribution in [3.8, 4) is 5.75 Å². The largest absolute Gasteiger partial charge is 0.497 e. The molecule has 0 aliphatic carbocycles. The molecule has 0 amide bonds. The Hall–Kier alpha value is -2.76. The first-order chi connectivity index (χ1) is 14.2. The number of pyridine rings is 1. The lowest BCUT2D eigenvalue weighted by Crippen LogP contribution is -2.40. The summed E-state index contributed by atoms with van der Waals surface area (Å²) < 4.78 is 7.02. The fourth-order valence-electron chi connectivity index (χ4n) is 3.75. The van der Waals surface area contributed by atoms with Gasteiger partial charge in [-0.1, -0.05) is 18.2 Å². The molecule has 3 rings (SSSR count). The Balaban J connectivity index is 1.50. The lowest BCUT2D eigenvalue weighted by molar-refractivity contribution is 0.414. The summed E-state index contributed by atoms with van der Waals surface area (Å²) in [7, 11) is 1.70. The van der Waals surface area contributed by atoms with E-state index in [4.69, 9.17) is 9.73 Å². The number of rotatable bonds is 8. The van der Waals surface area contributed by atoms with E-state index in [1.807, 2.05) is 24.4 Å². The molecule has 0 spiro atoms. The van der Waals surface area contributed by atoms with Crippen LogP contribution in [0, 0.1) is 0 Å². The number of aryl methyl sites for hydroxylation is 1. The molecule has 1 N–H and O–H groups in total.